The minimum absolute atomic E-state index is 0.0967. The van der Waals surface area contributed by atoms with Crippen LogP contribution in [-0.4, -0.2) is 64.1 Å². The van der Waals surface area contributed by atoms with Gasteiger partial charge in [0.15, 0.2) is 0 Å². The van der Waals surface area contributed by atoms with Crippen LogP contribution in [0.5, 0.6) is 0 Å². The van der Waals surface area contributed by atoms with Crippen molar-refractivity contribution in [2.75, 3.05) is 26.3 Å². The van der Waals surface area contributed by atoms with Crippen molar-refractivity contribution in [2.24, 2.45) is 5.73 Å². The van der Waals surface area contributed by atoms with Gasteiger partial charge in [-0.25, -0.2) is 9.97 Å². The lowest BCUT2D eigenvalue weighted by atomic mass is 9.69. The molecule has 2 aromatic carbocycles. The van der Waals surface area contributed by atoms with Crippen LogP contribution in [0.1, 0.15) is 80.2 Å². The number of primary amides is 1. The number of nitrogens with one attached hydrogen (secondary N) is 1. The summed E-state index contributed by atoms with van der Waals surface area (Å²) in [5, 5.41) is 17.9. The van der Waals surface area contributed by atoms with Crippen molar-refractivity contribution < 1.29 is 23.8 Å². The number of ether oxygens (including phenoxy) is 1. The maximum atomic E-state index is 14.9. The molecule has 2 amide bonds. The van der Waals surface area contributed by atoms with E-state index in [-0.39, 0.29) is 41.6 Å². The second kappa shape index (κ2) is 13.7. The van der Waals surface area contributed by atoms with Gasteiger partial charge < -0.3 is 30.2 Å². The molecule has 2 aliphatic rings. The molecule has 4 atom stereocenters. The van der Waals surface area contributed by atoms with Gasteiger partial charge in [-0.1, -0.05) is 36.4 Å². The summed E-state index contributed by atoms with van der Waals surface area (Å²) in [7, 11) is 0. The number of aliphatic hydroxyl groups excluding tert-OH is 1. The third kappa shape index (κ3) is 5.79. The van der Waals surface area contributed by atoms with E-state index < -0.39 is 24.0 Å². The lowest BCUT2D eigenvalue weighted by molar-refractivity contribution is -0.0923. The van der Waals surface area contributed by atoms with Crippen LogP contribution in [0, 0.1) is 6.92 Å². The molecule has 4 aromatic rings. The van der Waals surface area contributed by atoms with Crippen LogP contribution in [0.2, 0.25) is 0 Å². The van der Waals surface area contributed by atoms with Crippen molar-refractivity contribution in [1.82, 2.24) is 20.2 Å². The Balaban J connectivity index is 1.61. The number of nitrogens with two attached hydrogens (primary N) is 1. The molecule has 46 heavy (non-hydrogen) atoms. The van der Waals surface area contributed by atoms with Gasteiger partial charge in [-0.3, -0.25) is 9.59 Å². The Morgan fingerprint density at radius 1 is 1.26 bits per heavy atom. The predicted octanol–water partition coefficient (Wildman–Crippen LogP) is 5.11. The summed E-state index contributed by atoms with van der Waals surface area (Å²) in [5.74, 6) is -1.67. The molecule has 0 bridgehead atoms. The standard InChI is InChI=1S/C35H39N5O5S/c1-3-16-45-35(29-12-7-13-37-29,24-9-5-4-6-10-24)27(20-41)30-25(31(36)42)18-23(32-38-14-17-44-32)19-26(30)34(43)40-15-8-11-28(40)33-39-22(2)21-46-33/h3-6,9-10,14,17-19,21,27-29,37,41H,1,7-8,11-13,15-16,20H2,2H3,(H2,36,42)/t27?,28-,29?,35?/m1/s1. The van der Waals surface area contributed by atoms with Crippen molar-refractivity contribution >= 4 is 23.2 Å². The van der Waals surface area contributed by atoms with E-state index in [1.807, 2.05) is 47.5 Å². The molecule has 0 saturated carbocycles. The SMILES string of the molecule is C=CCOC(c1ccccc1)(C1CCCN1)C(CO)c1c(C(N)=O)cc(-c2ncco2)cc1C(=O)N1CCC[C@@H]1c1nc(C)cs1. The van der Waals surface area contributed by atoms with Gasteiger partial charge in [-0.2, -0.15) is 0 Å². The maximum absolute atomic E-state index is 14.9. The number of nitrogens with zero attached hydrogens (tertiary/aromatic N) is 3. The molecule has 2 saturated heterocycles. The summed E-state index contributed by atoms with van der Waals surface area (Å²) in [6.45, 7) is 6.85. The predicted molar refractivity (Wildman–Crippen MR) is 175 cm³/mol. The highest BCUT2D eigenvalue weighted by Crippen LogP contribution is 2.48. The largest absolute Gasteiger partial charge is 0.445 e. The fraction of sp³-hybridized carbons (Fsp3) is 0.371. The zero-order chi connectivity index (χ0) is 32.3. The first-order valence-corrected chi connectivity index (χ1v) is 16.5. The molecule has 240 valence electrons. The van der Waals surface area contributed by atoms with E-state index in [0.717, 1.165) is 48.5 Å². The Morgan fingerprint density at radius 3 is 2.70 bits per heavy atom. The summed E-state index contributed by atoms with van der Waals surface area (Å²) in [4.78, 5) is 39.2. The smallest absolute Gasteiger partial charge is 0.254 e. The van der Waals surface area contributed by atoms with Crippen LogP contribution in [0.15, 0.2) is 77.4 Å². The Morgan fingerprint density at radius 2 is 2.07 bits per heavy atom. The number of likely N-dealkylation sites (tertiary alicyclic amines) is 1. The number of carbonyl (C=O) groups excluding carboxylic acids is 2. The van der Waals surface area contributed by atoms with Crippen molar-refractivity contribution in [3.8, 4) is 11.5 Å². The van der Waals surface area contributed by atoms with Crippen molar-refractivity contribution in [1.29, 1.82) is 0 Å². The number of amides is 2. The van der Waals surface area contributed by atoms with Crippen molar-refractivity contribution in [3.63, 3.8) is 0 Å². The maximum Gasteiger partial charge on any atom is 0.254 e. The summed E-state index contributed by atoms with van der Waals surface area (Å²) in [5.41, 5.74) is 7.74. The molecule has 11 heteroatoms. The van der Waals surface area contributed by atoms with Gasteiger partial charge in [0.1, 0.15) is 16.9 Å². The van der Waals surface area contributed by atoms with Gasteiger partial charge in [0, 0.05) is 46.3 Å². The van der Waals surface area contributed by atoms with Crippen LogP contribution in [-0.2, 0) is 10.3 Å². The summed E-state index contributed by atoms with van der Waals surface area (Å²) in [6.07, 6.45) is 7.82. The van der Waals surface area contributed by atoms with E-state index in [2.05, 4.69) is 16.9 Å². The van der Waals surface area contributed by atoms with Crippen molar-refractivity contribution in [2.45, 2.75) is 56.2 Å². The average Bonchev–Trinajstić information content (AvgIpc) is 3.91. The van der Waals surface area contributed by atoms with E-state index in [9.17, 15) is 14.7 Å². The summed E-state index contributed by atoms with van der Waals surface area (Å²) in [6, 6.07) is 12.5. The second-order valence-electron chi connectivity index (χ2n) is 11.8. The highest BCUT2D eigenvalue weighted by molar-refractivity contribution is 7.09. The van der Waals surface area contributed by atoms with Gasteiger partial charge in [0.25, 0.3) is 5.91 Å². The summed E-state index contributed by atoms with van der Waals surface area (Å²) >= 11 is 1.53. The Bertz CT molecular complexity index is 1680. The minimum atomic E-state index is -1.19. The van der Waals surface area contributed by atoms with Gasteiger partial charge in [0.05, 0.1) is 25.5 Å². The van der Waals surface area contributed by atoms with E-state index >= 15 is 0 Å². The second-order valence-corrected chi connectivity index (χ2v) is 12.7. The monoisotopic (exact) mass is 641 g/mol. The van der Waals surface area contributed by atoms with Gasteiger partial charge in [0.2, 0.25) is 11.8 Å². The number of aryl methyl sites for hydroxylation is 1. The Kier molecular flexibility index (Phi) is 9.46. The third-order valence-corrected chi connectivity index (χ3v) is 10.1. The van der Waals surface area contributed by atoms with Crippen molar-refractivity contribution in [3.05, 3.63) is 106 Å². The Labute approximate surface area is 272 Å². The van der Waals surface area contributed by atoms with Gasteiger partial charge >= 0.3 is 0 Å². The number of oxazole rings is 1. The number of hydrogen-bond acceptors (Lipinski definition) is 9. The molecular weight excluding hydrogens is 602 g/mol. The molecule has 2 fully saturated rings. The van der Waals surface area contributed by atoms with Crippen LogP contribution in [0.25, 0.3) is 11.5 Å². The molecule has 0 radical (unpaired) electrons. The molecular formula is C35H39N5O5S. The first-order chi connectivity index (χ1) is 22.4. The quantitative estimate of drug-likeness (QED) is 0.181. The molecule has 2 aromatic heterocycles. The molecule has 10 nitrogen and oxygen atoms in total. The van der Waals surface area contributed by atoms with Crippen LogP contribution >= 0.6 is 11.3 Å². The number of hydrogen-bond donors (Lipinski definition) is 3. The first-order valence-electron chi connectivity index (χ1n) is 15.6. The fourth-order valence-corrected chi connectivity index (χ4v) is 8.11. The highest BCUT2D eigenvalue weighted by Gasteiger charge is 2.51. The lowest BCUT2D eigenvalue weighted by Gasteiger charge is -2.46. The zero-order valence-corrected chi connectivity index (χ0v) is 26.7. The number of rotatable bonds is 12. The molecule has 4 heterocycles. The van der Waals surface area contributed by atoms with Gasteiger partial charge in [-0.05, 0) is 62.4 Å². The molecule has 6 rings (SSSR count). The third-order valence-electron chi connectivity index (χ3n) is 9.08. The molecule has 0 spiro atoms. The molecule has 0 aliphatic carbocycles. The van der Waals surface area contributed by atoms with E-state index in [4.69, 9.17) is 19.9 Å². The van der Waals surface area contributed by atoms with Crippen LogP contribution in [0.3, 0.4) is 0 Å². The van der Waals surface area contributed by atoms with E-state index in [1.54, 1.807) is 18.2 Å². The van der Waals surface area contributed by atoms with Crippen LogP contribution < -0.4 is 11.1 Å². The Hall–Kier alpha value is -4.16. The van der Waals surface area contributed by atoms with E-state index in [0.29, 0.717) is 17.7 Å². The molecule has 3 unspecified atom stereocenters. The number of carbonyl (C=O) groups is 2. The molecule has 2 aliphatic heterocycles. The highest BCUT2D eigenvalue weighted by atomic mass is 32.1. The normalized spacial score (nSPS) is 20.0. The summed E-state index contributed by atoms with van der Waals surface area (Å²) < 4.78 is 12.4. The number of thiazole rings is 1. The topological polar surface area (TPSA) is 144 Å². The fourth-order valence-electron chi connectivity index (χ4n) is 7.16. The number of aromatic nitrogens is 2. The zero-order valence-electron chi connectivity index (χ0n) is 25.9. The minimum Gasteiger partial charge on any atom is -0.445 e. The number of benzene rings is 2. The average molecular weight is 642 g/mol. The lowest BCUT2D eigenvalue weighted by Crippen LogP contribution is -2.53. The van der Waals surface area contributed by atoms with Gasteiger partial charge in [-0.15, -0.1) is 17.9 Å². The van der Waals surface area contributed by atoms with Crippen LogP contribution in [0.4, 0.5) is 0 Å². The first kappa shape index (κ1) is 31.8. The van der Waals surface area contributed by atoms with E-state index in [1.165, 1.54) is 23.8 Å². The number of aliphatic hydroxyl groups is 1. The molecule has 4 N–H and O–H groups in total.